The molecule has 1 atom stereocenters. The lowest BCUT2D eigenvalue weighted by molar-refractivity contribution is -0.896. The van der Waals surface area contributed by atoms with Gasteiger partial charge in [0.25, 0.3) is 0 Å². The zero-order chi connectivity index (χ0) is 9.54. The number of hydrogen-bond acceptors (Lipinski definition) is 0. The van der Waals surface area contributed by atoms with Crippen molar-refractivity contribution in [3.05, 3.63) is 35.5 Å². The van der Waals surface area contributed by atoms with Gasteiger partial charge in [0.1, 0.15) is 6.54 Å². The summed E-state index contributed by atoms with van der Waals surface area (Å²) in [6, 6.07) is 8.62. The monoisotopic (exact) mass is 187 g/mol. The molecule has 1 aliphatic heterocycles. The Labute approximate surface area is 83.5 Å². The van der Waals surface area contributed by atoms with Gasteiger partial charge in [-0.3, -0.25) is 0 Å². The highest BCUT2D eigenvalue weighted by Crippen LogP contribution is 2.23. The number of aromatic amines is 1. The van der Waals surface area contributed by atoms with Crippen LogP contribution in [0, 0.1) is 0 Å². The van der Waals surface area contributed by atoms with Crippen molar-refractivity contribution in [2.24, 2.45) is 0 Å². The summed E-state index contributed by atoms with van der Waals surface area (Å²) in [7, 11) is 2.26. The van der Waals surface area contributed by atoms with Crippen LogP contribution in [0.1, 0.15) is 11.3 Å². The summed E-state index contributed by atoms with van der Waals surface area (Å²) in [5, 5.41) is 1.43. The van der Waals surface area contributed by atoms with E-state index < -0.39 is 0 Å². The molecule has 1 aliphatic rings. The van der Waals surface area contributed by atoms with Crippen molar-refractivity contribution < 1.29 is 4.90 Å². The number of likely N-dealkylation sites (N-methyl/N-ethyl adjacent to an activating group) is 1. The molecule has 0 radical (unpaired) electrons. The number of fused-ring (bicyclic) bond motifs is 3. The van der Waals surface area contributed by atoms with Gasteiger partial charge in [-0.05, 0) is 11.6 Å². The third-order valence-electron chi connectivity index (χ3n) is 3.18. The first-order valence-electron chi connectivity index (χ1n) is 5.24. The molecule has 2 nitrogen and oxygen atoms in total. The summed E-state index contributed by atoms with van der Waals surface area (Å²) in [5.74, 6) is 0. The molecule has 72 valence electrons. The fourth-order valence-corrected chi connectivity index (χ4v) is 2.42. The zero-order valence-electron chi connectivity index (χ0n) is 8.43. The largest absolute Gasteiger partial charge is 0.354 e. The molecule has 14 heavy (non-hydrogen) atoms. The van der Waals surface area contributed by atoms with E-state index in [1.54, 1.807) is 10.5 Å². The number of para-hydroxylation sites is 1. The van der Waals surface area contributed by atoms with Crippen molar-refractivity contribution in [1.82, 2.24) is 4.98 Å². The molecule has 1 unspecified atom stereocenters. The Kier molecular flexibility index (Phi) is 1.64. The minimum atomic E-state index is 1.14. The Morgan fingerprint density at radius 2 is 2.14 bits per heavy atom. The van der Waals surface area contributed by atoms with Crippen LogP contribution in [0.4, 0.5) is 0 Å². The topological polar surface area (TPSA) is 20.2 Å². The zero-order valence-corrected chi connectivity index (χ0v) is 8.43. The molecule has 2 heterocycles. The van der Waals surface area contributed by atoms with Crippen LogP contribution in [0.25, 0.3) is 10.9 Å². The third-order valence-corrected chi connectivity index (χ3v) is 3.18. The average molecular weight is 187 g/mol. The van der Waals surface area contributed by atoms with Crippen molar-refractivity contribution in [3.8, 4) is 0 Å². The van der Waals surface area contributed by atoms with Crippen LogP contribution in [0.15, 0.2) is 24.3 Å². The minimum absolute atomic E-state index is 1.14. The summed E-state index contributed by atoms with van der Waals surface area (Å²) < 4.78 is 0. The van der Waals surface area contributed by atoms with E-state index >= 15 is 0 Å². The van der Waals surface area contributed by atoms with Crippen LogP contribution in [0.2, 0.25) is 0 Å². The van der Waals surface area contributed by atoms with Gasteiger partial charge in [-0.1, -0.05) is 18.2 Å². The quantitative estimate of drug-likeness (QED) is 0.607. The molecule has 2 N–H and O–H groups in total. The number of H-pyrrole nitrogens is 1. The predicted octanol–water partition coefficient (Wildman–Crippen LogP) is 0.739. The molecule has 0 saturated carbocycles. The number of rotatable bonds is 0. The molecule has 1 aromatic heterocycles. The first-order valence-corrected chi connectivity index (χ1v) is 5.24. The molecule has 0 saturated heterocycles. The van der Waals surface area contributed by atoms with Crippen molar-refractivity contribution in [2.45, 2.75) is 13.0 Å². The van der Waals surface area contributed by atoms with Crippen LogP contribution < -0.4 is 4.90 Å². The second-order valence-electron chi connectivity index (χ2n) is 4.26. The van der Waals surface area contributed by atoms with Crippen LogP contribution in [-0.4, -0.2) is 18.6 Å². The molecule has 0 aliphatic carbocycles. The van der Waals surface area contributed by atoms with E-state index in [2.05, 4.69) is 36.3 Å². The maximum atomic E-state index is 3.53. The lowest BCUT2D eigenvalue weighted by atomic mass is 10.0. The van der Waals surface area contributed by atoms with Crippen molar-refractivity contribution in [2.75, 3.05) is 13.6 Å². The predicted molar refractivity (Wildman–Crippen MR) is 57.5 cm³/mol. The van der Waals surface area contributed by atoms with Crippen LogP contribution in [-0.2, 0) is 13.0 Å². The Morgan fingerprint density at radius 1 is 1.29 bits per heavy atom. The molecule has 0 spiro atoms. The summed E-state index contributed by atoms with van der Waals surface area (Å²) in [6.45, 7) is 2.40. The highest BCUT2D eigenvalue weighted by molar-refractivity contribution is 5.84. The van der Waals surface area contributed by atoms with Crippen LogP contribution in [0.5, 0.6) is 0 Å². The van der Waals surface area contributed by atoms with Crippen molar-refractivity contribution >= 4 is 10.9 Å². The molecular weight excluding hydrogens is 172 g/mol. The Balaban J connectivity index is 2.24. The van der Waals surface area contributed by atoms with E-state index in [4.69, 9.17) is 0 Å². The number of nitrogens with one attached hydrogen (secondary N) is 2. The van der Waals surface area contributed by atoms with Gasteiger partial charge in [0.05, 0.1) is 19.3 Å². The third kappa shape index (κ3) is 1.07. The minimum Gasteiger partial charge on any atom is -0.354 e. The standard InChI is InChI=1S/C12H14N2/c1-14-7-6-10-9-4-2-3-5-11(9)13-12(10)8-14/h2-5,13H,6-8H2,1H3/p+1. The van der Waals surface area contributed by atoms with E-state index in [1.165, 1.54) is 29.6 Å². The van der Waals surface area contributed by atoms with E-state index in [1.807, 2.05) is 0 Å². The van der Waals surface area contributed by atoms with Gasteiger partial charge in [0.2, 0.25) is 0 Å². The van der Waals surface area contributed by atoms with Crippen molar-refractivity contribution in [3.63, 3.8) is 0 Å². The number of benzene rings is 1. The lowest BCUT2D eigenvalue weighted by Gasteiger charge is -2.19. The maximum absolute atomic E-state index is 3.53. The highest BCUT2D eigenvalue weighted by Gasteiger charge is 2.19. The molecule has 2 heteroatoms. The Morgan fingerprint density at radius 3 is 3.07 bits per heavy atom. The Hall–Kier alpha value is -1.28. The average Bonchev–Trinajstić information content (AvgIpc) is 2.54. The second kappa shape index (κ2) is 2.85. The summed E-state index contributed by atoms with van der Waals surface area (Å²) in [6.07, 6.45) is 1.21. The van der Waals surface area contributed by atoms with Crippen molar-refractivity contribution in [1.29, 1.82) is 0 Å². The van der Waals surface area contributed by atoms with Crippen LogP contribution >= 0.6 is 0 Å². The van der Waals surface area contributed by atoms with Gasteiger partial charge in [0.15, 0.2) is 0 Å². The SMILES string of the molecule is C[NH+]1CCc2c([nH]c3ccccc23)C1. The molecule has 0 fully saturated rings. The fraction of sp³-hybridized carbons (Fsp3) is 0.333. The summed E-state index contributed by atoms with van der Waals surface area (Å²) in [5.41, 5.74) is 4.29. The van der Waals surface area contributed by atoms with Gasteiger partial charge in [0, 0.05) is 17.3 Å². The van der Waals surface area contributed by atoms with Gasteiger partial charge in [-0.2, -0.15) is 0 Å². The molecule has 2 aromatic rings. The van der Waals surface area contributed by atoms with Gasteiger partial charge in [-0.25, -0.2) is 0 Å². The summed E-state index contributed by atoms with van der Waals surface area (Å²) in [4.78, 5) is 5.13. The highest BCUT2D eigenvalue weighted by atomic mass is 15.1. The smallest absolute Gasteiger partial charge is 0.118 e. The van der Waals surface area contributed by atoms with Crippen LogP contribution in [0.3, 0.4) is 0 Å². The first kappa shape index (κ1) is 8.06. The number of hydrogen-bond donors (Lipinski definition) is 2. The van der Waals surface area contributed by atoms with E-state index in [0.29, 0.717) is 0 Å². The van der Waals surface area contributed by atoms with Gasteiger partial charge < -0.3 is 9.88 Å². The number of aromatic nitrogens is 1. The Bertz CT molecular complexity index is 470. The fourth-order valence-electron chi connectivity index (χ4n) is 2.42. The van der Waals surface area contributed by atoms with Gasteiger partial charge in [-0.15, -0.1) is 0 Å². The molecular formula is C12H15N2+. The van der Waals surface area contributed by atoms with Gasteiger partial charge >= 0.3 is 0 Å². The second-order valence-corrected chi connectivity index (χ2v) is 4.26. The lowest BCUT2D eigenvalue weighted by Crippen LogP contribution is -3.08. The maximum Gasteiger partial charge on any atom is 0.118 e. The van der Waals surface area contributed by atoms with E-state index in [9.17, 15) is 0 Å². The normalized spacial score (nSPS) is 21.1. The molecule has 0 bridgehead atoms. The first-order chi connectivity index (χ1) is 6.84. The van der Waals surface area contributed by atoms with E-state index in [-0.39, 0.29) is 0 Å². The summed E-state index contributed by atoms with van der Waals surface area (Å²) >= 11 is 0. The molecule has 3 rings (SSSR count). The van der Waals surface area contributed by atoms with E-state index in [0.717, 1.165) is 6.54 Å². The number of quaternary nitrogens is 1. The molecule has 0 amide bonds. The molecule has 1 aromatic carbocycles.